The summed E-state index contributed by atoms with van der Waals surface area (Å²) in [5.74, 6) is 0.0237. The largest absolute Gasteiger partial charge is 0.376 e. The Balaban J connectivity index is 1.64. The maximum absolute atomic E-state index is 12.5. The summed E-state index contributed by atoms with van der Waals surface area (Å²) in [5, 5.41) is 7.20. The molecule has 2 aromatic rings. The molecule has 1 saturated carbocycles. The summed E-state index contributed by atoms with van der Waals surface area (Å²) in [4.78, 5) is 12.5. The third-order valence-electron chi connectivity index (χ3n) is 4.80. The van der Waals surface area contributed by atoms with Crippen molar-refractivity contribution >= 4 is 23.2 Å². The van der Waals surface area contributed by atoms with Crippen LogP contribution >= 0.6 is 11.6 Å². The third-order valence-corrected chi connectivity index (χ3v) is 5.03. The normalized spacial score (nSPS) is 15.4. The van der Waals surface area contributed by atoms with Crippen molar-refractivity contribution in [2.45, 2.75) is 38.1 Å². The van der Waals surface area contributed by atoms with Crippen LogP contribution < -0.4 is 10.6 Å². The average molecular weight is 343 g/mol. The Labute approximate surface area is 148 Å². The molecule has 0 heterocycles. The molecule has 0 atom stereocenters. The summed E-state index contributed by atoms with van der Waals surface area (Å²) in [5.41, 5.74) is 3.11. The average Bonchev–Trinajstić information content (AvgIpc) is 2.57. The van der Waals surface area contributed by atoms with E-state index in [9.17, 15) is 4.79 Å². The van der Waals surface area contributed by atoms with E-state index in [0.717, 1.165) is 42.0 Å². The second-order valence-corrected chi connectivity index (χ2v) is 6.79. The first-order chi connectivity index (χ1) is 11.6. The maximum Gasteiger partial charge on any atom is 0.239 e. The Morgan fingerprint density at radius 3 is 2.54 bits per heavy atom. The fraction of sp³-hybridized carbons (Fsp3) is 0.350. The van der Waals surface area contributed by atoms with E-state index in [-0.39, 0.29) is 18.0 Å². The highest BCUT2D eigenvalue weighted by Crippen LogP contribution is 2.41. The van der Waals surface area contributed by atoms with Crippen LogP contribution in [0, 0.1) is 0 Å². The molecule has 0 saturated heterocycles. The van der Waals surface area contributed by atoms with Crippen LogP contribution in [0.15, 0.2) is 48.5 Å². The van der Waals surface area contributed by atoms with Crippen LogP contribution in [0.1, 0.15) is 37.3 Å². The van der Waals surface area contributed by atoms with Gasteiger partial charge in [0.05, 0.1) is 12.1 Å². The predicted octanol–water partition coefficient (Wildman–Crippen LogP) is 4.51. The van der Waals surface area contributed by atoms with Gasteiger partial charge < -0.3 is 10.6 Å². The summed E-state index contributed by atoms with van der Waals surface area (Å²) in [6.45, 7) is 2.35. The van der Waals surface area contributed by atoms with Gasteiger partial charge in [-0.15, -0.1) is 0 Å². The van der Waals surface area contributed by atoms with Gasteiger partial charge in [0.15, 0.2) is 0 Å². The summed E-state index contributed by atoms with van der Waals surface area (Å²) < 4.78 is 0. The summed E-state index contributed by atoms with van der Waals surface area (Å²) >= 11 is 6.03. The zero-order valence-electron chi connectivity index (χ0n) is 13.9. The van der Waals surface area contributed by atoms with E-state index in [1.807, 2.05) is 36.4 Å². The lowest BCUT2D eigenvalue weighted by Crippen LogP contribution is -2.52. The monoisotopic (exact) mass is 342 g/mol. The van der Waals surface area contributed by atoms with Crippen LogP contribution in [0.25, 0.3) is 0 Å². The quantitative estimate of drug-likeness (QED) is 0.811. The molecule has 3 rings (SSSR count). The van der Waals surface area contributed by atoms with Gasteiger partial charge in [0, 0.05) is 10.7 Å². The predicted molar refractivity (Wildman–Crippen MR) is 99.4 cm³/mol. The Morgan fingerprint density at radius 1 is 1.17 bits per heavy atom. The van der Waals surface area contributed by atoms with Crippen LogP contribution in [0.3, 0.4) is 0 Å². The van der Waals surface area contributed by atoms with E-state index < -0.39 is 0 Å². The van der Waals surface area contributed by atoms with Crippen LogP contribution in [0.2, 0.25) is 5.02 Å². The Bertz CT molecular complexity index is 711. The summed E-state index contributed by atoms with van der Waals surface area (Å²) in [7, 11) is 0. The number of rotatable bonds is 6. The van der Waals surface area contributed by atoms with E-state index in [0.29, 0.717) is 0 Å². The number of amides is 1. The van der Waals surface area contributed by atoms with Crippen molar-refractivity contribution in [3.05, 3.63) is 64.7 Å². The van der Waals surface area contributed by atoms with Crippen molar-refractivity contribution in [3.63, 3.8) is 0 Å². The lowest BCUT2D eigenvalue weighted by molar-refractivity contribution is -0.122. The second kappa shape index (κ2) is 7.27. The third kappa shape index (κ3) is 3.57. The number of carbonyl (C=O) groups is 1. The first kappa shape index (κ1) is 16.8. The topological polar surface area (TPSA) is 41.1 Å². The molecular weight excluding hydrogens is 320 g/mol. The molecule has 126 valence electrons. The lowest BCUT2D eigenvalue weighted by atomic mass is 9.72. The molecular formula is C20H23ClN2O. The first-order valence-electron chi connectivity index (χ1n) is 8.52. The highest BCUT2D eigenvalue weighted by Gasteiger charge is 2.39. The molecule has 1 fully saturated rings. The molecule has 1 aliphatic rings. The van der Waals surface area contributed by atoms with Crippen LogP contribution in [0.5, 0.6) is 0 Å². The van der Waals surface area contributed by atoms with Crippen molar-refractivity contribution in [1.29, 1.82) is 0 Å². The summed E-state index contributed by atoms with van der Waals surface area (Å²) in [6.07, 6.45) is 4.03. The number of halogens is 1. The van der Waals surface area contributed by atoms with Crippen molar-refractivity contribution in [2.75, 3.05) is 11.9 Å². The molecule has 3 nitrogen and oxygen atoms in total. The van der Waals surface area contributed by atoms with Gasteiger partial charge >= 0.3 is 0 Å². The minimum absolute atomic E-state index is 0.0237. The lowest BCUT2D eigenvalue weighted by Gasteiger charge is -2.43. The molecule has 0 bridgehead atoms. The first-order valence-corrected chi connectivity index (χ1v) is 8.89. The number of benzene rings is 2. The summed E-state index contributed by atoms with van der Waals surface area (Å²) in [6, 6.07) is 16.0. The van der Waals surface area contributed by atoms with Crippen molar-refractivity contribution in [3.8, 4) is 0 Å². The molecule has 0 aliphatic heterocycles. The molecule has 2 aromatic carbocycles. The van der Waals surface area contributed by atoms with Gasteiger partial charge in [-0.25, -0.2) is 0 Å². The number of hydrogen-bond acceptors (Lipinski definition) is 2. The number of anilines is 1. The highest BCUT2D eigenvalue weighted by atomic mass is 35.5. The minimum atomic E-state index is -0.187. The molecule has 1 aliphatic carbocycles. The second-order valence-electron chi connectivity index (χ2n) is 6.36. The van der Waals surface area contributed by atoms with Crippen LogP contribution in [-0.2, 0) is 16.8 Å². The zero-order valence-corrected chi connectivity index (χ0v) is 14.7. The minimum Gasteiger partial charge on any atom is -0.376 e. The van der Waals surface area contributed by atoms with E-state index >= 15 is 0 Å². The standard InChI is InChI=1S/C20H23ClN2O/c1-2-15-13-17(21)9-10-18(15)22-14-19(24)23-20(11-6-12-20)16-7-4-3-5-8-16/h3-5,7-10,13,22H,2,6,11-12,14H2,1H3,(H,23,24). The van der Waals surface area contributed by atoms with Gasteiger partial charge in [-0.2, -0.15) is 0 Å². The smallest absolute Gasteiger partial charge is 0.239 e. The molecule has 0 unspecified atom stereocenters. The Kier molecular flexibility index (Phi) is 5.10. The van der Waals surface area contributed by atoms with E-state index in [2.05, 4.69) is 29.7 Å². The molecule has 4 heteroatoms. The molecule has 1 amide bonds. The number of aryl methyl sites for hydroxylation is 1. The fourth-order valence-corrected chi connectivity index (χ4v) is 3.48. The van der Waals surface area contributed by atoms with E-state index in [1.54, 1.807) is 0 Å². The van der Waals surface area contributed by atoms with Gasteiger partial charge in [0.25, 0.3) is 0 Å². The number of carbonyl (C=O) groups excluding carboxylic acids is 1. The van der Waals surface area contributed by atoms with E-state index in [1.165, 1.54) is 5.56 Å². The van der Waals surface area contributed by atoms with Gasteiger partial charge in [0.1, 0.15) is 0 Å². The van der Waals surface area contributed by atoms with Crippen molar-refractivity contribution in [1.82, 2.24) is 5.32 Å². The SMILES string of the molecule is CCc1cc(Cl)ccc1NCC(=O)NC1(c2ccccc2)CCC1. The van der Waals surface area contributed by atoms with E-state index in [4.69, 9.17) is 11.6 Å². The molecule has 2 N–H and O–H groups in total. The maximum atomic E-state index is 12.5. The van der Waals surface area contributed by atoms with Gasteiger partial charge in [0.2, 0.25) is 5.91 Å². The highest BCUT2D eigenvalue weighted by molar-refractivity contribution is 6.30. The molecule has 24 heavy (non-hydrogen) atoms. The zero-order chi connectivity index (χ0) is 17.0. The Hall–Kier alpha value is -2.00. The Morgan fingerprint density at radius 2 is 1.92 bits per heavy atom. The van der Waals surface area contributed by atoms with Crippen LogP contribution in [0.4, 0.5) is 5.69 Å². The van der Waals surface area contributed by atoms with Gasteiger partial charge in [-0.1, -0.05) is 48.9 Å². The van der Waals surface area contributed by atoms with Crippen LogP contribution in [-0.4, -0.2) is 12.5 Å². The molecule has 0 spiro atoms. The number of hydrogen-bond donors (Lipinski definition) is 2. The fourth-order valence-electron chi connectivity index (χ4n) is 3.29. The van der Waals surface area contributed by atoms with Gasteiger partial charge in [-0.05, 0) is 55.0 Å². The van der Waals surface area contributed by atoms with Gasteiger partial charge in [-0.3, -0.25) is 4.79 Å². The van der Waals surface area contributed by atoms with Crippen molar-refractivity contribution < 1.29 is 4.79 Å². The molecule has 0 aromatic heterocycles. The number of nitrogens with one attached hydrogen (secondary N) is 2. The molecule has 0 radical (unpaired) electrons. The van der Waals surface area contributed by atoms with Crippen molar-refractivity contribution in [2.24, 2.45) is 0 Å².